The first-order valence-corrected chi connectivity index (χ1v) is 8.67. The third-order valence-corrected chi connectivity index (χ3v) is 4.10. The Morgan fingerprint density at radius 2 is 1.96 bits per heavy atom. The Bertz CT molecular complexity index is 1010. The Kier molecular flexibility index (Phi) is 5.72. The molecular weight excluding hydrogens is 396 g/mol. The third kappa shape index (κ3) is 4.32. The fourth-order valence-corrected chi connectivity index (χ4v) is 2.75. The number of aromatic nitrogens is 1. The van der Waals surface area contributed by atoms with Gasteiger partial charge in [0.2, 0.25) is 0 Å². The number of rotatable bonds is 5. The van der Waals surface area contributed by atoms with Crippen LogP contribution >= 0.6 is 15.9 Å². The lowest BCUT2D eigenvalue weighted by molar-refractivity contribution is -0.116. The smallest absolute Gasteiger partial charge is 0.293 e. The SMILES string of the molecule is O=C(NCC#CCOc1cccc(Br)c1)C(=O)c1c[nH]c2ccccc12. The number of ketones is 1. The van der Waals surface area contributed by atoms with Crippen LogP contribution < -0.4 is 10.1 Å². The minimum Gasteiger partial charge on any atom is -0.481 e. The van der Waals surface area contributed by atoms with Crippen molar-refractivity contribution < 1.29 is 14.3 Å². The molecule has 0 fully saturated rings. The highest BCUT2D eigenvalue weighted by atomic mass is 79.9. The molecule has 2 aromatic carbocycles. The summed E-state index contributed by atoms with van der Waals surface area (Å²) < 4.78 is 6.38. The standard InChI is InChI=1S/C20H15BrN2O3/c21-14-6-5-7-15(12-14)26-11-4-3-10-22-20(25)19(24)17-13-23-18-9-2-1-8-16(17)18/h1-2,5-9,12-13,23H,10-11H2,(H,22,25). The van der Waals surface area contributed by atoms with E-state index in [0.29, 0.717) is 11.3 Å². The molecule has 1 heterocycles. The number of H-pyrrole nitrogens is 1. The zero-order valence-corrected chi connectivity index (χ0v) is 15.3. The van der Waals surface area contributed by atoms with Gasteiger partial charge >= 0.3 is 0 Å². The third-order valence-electron chi connectivity index (χ3n) is 3.61. The van der Waals surface area contributed by atoms with E-state index in [4.69, 9.17) is 4.74 Å². The van der Waals surface area contributed by atoms with Crippen LogP contribution in [0, 0.1) is 11.8 Å². The van der Waals surface area contributed by atoms with Crippen LogP contribution in [-0.4, -0.2) is 29.8 Å². The lowest BCUT2D eigenvalue weighted by atomic mass is 10.1. The zero-order chi connectivity index (χ0) is 18.4. The van der Waals surface area contributed by atoms with E-state index < -0.39 is 11.7 Å². The van der Waals surface area contributed by atoms with Gasteiger partial charge in [-0.25, -0.2) is 0 Å². The summed E-state index contributed by atoms with van der Waals surface area (Å²) in [5.74, 6) is 4.98. The summed E-state index contributed by atoms with van der Waals surface area (Å²) >= 11 is 3.36. The predicted octanol–water partition coefficient (Wildman–Crippen LogP) is 3.31. The number of halogens is 1. The van der Waals surface area contributed by atoms with Gasteiger partial charge in [0.25, 0.3) is 11.7 Å². The second kappa shape index (κ2) is 8.37. The molecule has 0 aliphatic heterocycles. The van der Waals surface area contributed by atoms with Gasteiger partial charge in [0, 0.05) is 21.6 Å². The average molecular weight is 411 g/mol. The molecule has 5 nitrogen and oxygen atoms in total. The fourth-order valence-electron chi connectivity index (χ4n) is 2.38. The van der Waals surface area contributed by atoms with Crippen LogP contribution in [0.3, 0.4) is 0 Å². The molecule has 2 N–H and O–H groups in total. The summed E-state index contributed by atoms with van der Waals surface area (Å²) in [6, 6.07) is 14.8. The highest BCUT2D eigenvalue weighted by Gasteiger charge is 2.18. The summed E-state index contributed by atoms with van der Waals surface area (Å²) in [6.07, 6.45) is 1.55. The van der Waals surface area contributed by atoms with Crippen LogP contribution in [0.5, 0.6) is 5.75 Å². The van der Waals surface area contributed by atoms with Crippen molar-refractivity contribution >= 4 is 38.5 Å². The normalized spacial score (nSPS) is 10.0. The van der Waals surface area contributed by atoms with Gasteiger partial charge < -0.3 is 15.0 Å². The van der Waals surface area contributed by atoms with Crippen molar-refractivity contribution in [2.45, 2.75) is 0 Å². The lowest BCUT2D eigenvalue weighted by Crippen LogP contribution is -2.31. The number of hydrogen-bond donors (Lipinski definition) is 2. The first-order chi connectivity index (χ1) is 12.6. The molecule has 0 unspecified atom stereocenters. The summed E-state index contributed by atoms with van der Waals surface area (Å²) in [7, 11) is 0. The van der Waals surface area contributed by atoms with Crippen LogP contribution in [0.15, 0.2) is 59.2 Å². The molecular formula is C20H15BrN2O3. The van der Waals surface area contributed by atoms with Crippen molar-refractivity contribution in [3.05, 3.63) is 64.8 Å². The number of aromatic amines is 1. The van der Waals surface area contributed by atoms with E-state index in [1.807, 2.05) is 42.5 Å². The predicted molar refractivity (Wildman–Crippen MR) is 103 cm³/mol. The highest BCUT2D eigenvalue weighted by molar-refractivity contribution is 9.10. The molecule has 0 spiro atoms. The van der Waals surface area contributed by atoms with Gasteiger partial charge in [0.1, 0.15) is 12.4 Å². The fraction of sp³-hybridized carbons (Fsp3) is 0.100. The lowest BCUT2D eigenvalue weighted by Gasteiger charge is -2.01. The minimum absolute atomic E-state index is 0.0781. The van der Waals surface area contributed by atoms with Crippen molar-refractivity contribution in [1.29, 1.82) is 0 Å². The molecule has 3 aromatic rings. The molecule has 6 heteroatoms. The van der Waals surface area contributed by atoms with E-state index in [9.17, 15) is 9.59 Å². The van der Waals surface area contributed by atoms with Crippen LogP contribution in [-0.2, 0) is 4.79 Å². The molecule has 0 atom stereocenters. The van der Waals surface area contributed by atoms with E-state index in [-0.39, 0.29) is 13.2 Å². The van der Waals surface area contributed by atoms with E-state index in [0.717, 1.165) is 15.4 Å². The van der Waals surface area contributed by atoms with Crippen LogP contribution in [0.4, 0.5) is 0 Å². The van der Waals surface area contributed by atoms with Crippen molar-refractivity contribution in [2.75, 3.05) is 13.2 Å². The van der Waals surface area contributed by atoms with Crippen molar-refractivity contribution in [1.82, 2.24) is 10.3 Å². The molecule has 0 aliphatic rings. The maximum absolute atomic E-state index is 12.2. The van der Waals surface area contributed by atoms with Gasteiger partial charge in [-0.2, -0.15) is 0 Å². The highest BCUT2D eigenvalue weighted by Crippen LogP contribution is 2.18. The molecule has 0 saturated heterocycles. The number of fused-ring (bicyclic) bond motifs is 1. The van der Waals surface area contributed by atoms with Gasteiger partial charge in [-0.15, -0.1) is 0 Å². The Labute approximate surface area is 158 Å². The number of amides is 1. The zero-order valence-electron chi connectivity index (χ0n) is 13.7. The quantitative estimate of drug-likeness (QED) is 0.385. The van der Waals surface area contributed by atoms with E-state index in [1.165, 1.54) is 0 Å². The second-order valence-corrected chi connectivity index (χ2v) is 6.28. The van der Waals surface area contributed by atoms with Gasteiger partial charge in [-0.05, 0) is 24.3 Å². The summed E-state index contributed by atoms with van der Waals surface area (Å²) in [5, 5.41) is 3.23. The molecule has 3 rings (SSSR count). The van der Waals surface area contributed by atoms with Gasteiger partial charge in [0.05, 0.1) is 12.1 Å². The molecule has 0 saturated carbocycles. The summed E-state index contributed by atoms with van der Waals surface area (Å²) in [4.78, 5) is 27.2. The second-order valence-electron chi connectivity index (χ2n) is 5.36. The number of carbonyl (C=O) groups excluding carboxylic acids is 2. The Morgan fingerprint density at radius 3 is 2.81 bits per heavy atom. The van der Waals surface area contributed by atoms with Gasteiger partial charge in [0.15, 0.2) is 0 Å². The first-order valence-electron chi connectivity index (χ1n) is 7.88. The minimum atomic E-state index is -0.683. The van der Waals surface area contributed by atoms with Gasteiger partial charge in [-0.1, -0.05) is 52.0 Å². The van der Waals surface area contributed by atoms with Crippen LogP contribution in [0.1, 0.15) is 10.4 Å². The van der Waals surface area contributed by atoms with E-state index in [2.05, 4.69) is 38.1 Å². The van der Waals surface area contributed by atoms with E-state index >= 15 is 0 Å². The van der Waals surface area contributed by atoms with Crippen LogP contribution in [0.25, 0.3) is 10.9 Å². The molecule has 130 valence electrons. The van der Waals surface area contributed by atoms with E-state index in [1.54, 1.807) is 12.3 Å². The summed E-state index contributed by atoms with van der Waals surface area (Å²) in [6.45, 7) is 0.275. The van der Waals surface area contributed by atoms with Crippen molar-refractivity contribution in [2.24, 2.45) is 0 Å². The number of hydrogen-bond acceptors (Lipinski definition) is 3. The van der Waals surface area contributed by atoms with Crippen molar-refractivity contribution in [3.8, 4) is 17.6 Å². The maximum Gasteiger partial charge on any atom is 0.293 e. The Morgan fingerprint density at radius 1 is 1.12 bits per heavy atom. The number of para-hydroxylation sites is 1. The van der Waals surface area contributed by atoms with Crippen molar-refractivity contribution in [3.63, 3.8) is 0 Å². The molecule has 1 aromatic heterocycles. The number of benzene rings is 2. The number of ether oxygens (including phenoxy) is 1. The monoisotopic (exact) mass is 410 g/mol. The van der Waals surface area contributed by atoms with Crippen LogP contribution in [0.2, 0.25) is 0 Å². The molecule has 26 heavy (non-hydrogen) atoms. The molecule has 1 amide bonds. The van der Waals surface area contributed by atoms with Gasteiger partial charge in [-0.3, -0.25) is 9.59 Å². The Hall–Kier alpha value is -3.04. The molecule has 0 radical (unpaired) electrons. The summed E-state index contributed by atoms with van der Waals surface area (Å²) in [5.41, 5.74) is 1.16. The number of Topliss-reactive ketones (excluding diaryl/α,β-unsaturated/α-hetero) is 1. The Balaban J connectivity index is 1.49. The largest absolute Gasteiger partial charge is 0.481 e. The molecule has 0 aliphatic carbocycles. The number of nitrogens with one attached hydrogen (secondary N) is 2. The molecule has 0 bridgehead atoms. The topological polar surface area (TPSA) is 71.2 Å². The maximum atomic E-state index is 12.2. The average Bonchev–Trinajstić information content (AvgIpc) is 3.08. The number of carbonyl (C=O) groups is 2. The first kappa shape index (κ1) is 17.8.